The molecule has 0 spiro atoms. The first-order valence-corrected chi connectivity index (χ1v) is 6.32. The number of unbranched alkanes of at least 4 members (excludes halogenated alkanes) is 1. The lowest BCUT2D eigenvalue weighted by Gasteiger charge is -2.26. The van der Waals surface area contributed by atoms with Crippen LogP contribution in [-0.4, -0.2) is 18.1 Å². The van der Waals surface area contributed by atoms with Crippen LogP contribution in [0.4, 0.5) is 0 Å². The van der Waals surface area contributed by atoms with Gasteiger partial charge >= 0.3 is 5.97 Å². The van der Waals surface area contributed by atoms with Crippen LogP contribution in [0.3, 0.4) is 0 Å². The first-order valence-electron chi connectivity index (χ1n) is 5.53. The molecule has 0 saturated carbocycles. The first kappa shape index (κ1) is 14.1. The van der Waals surface area contributed by atoms with E-state index in [-0.39, 0.29) is 0 Å². The summed E-state index contributed by atoms with van der Waals surface area (Å²) in [6, 6.07) is 1.81. The summed E-state index contributed by atoms with van der Waals surface area (Å²) < 4.78 is 5.60. The van der Waals surface area contributed by atoms with Gasteiger partial charge in [-0.05, 0) is 28.4 Å². The predicted octanol–water partition coefficient (Wildman–Crippen LogP) is 2.36. The zero-order valence-corrected chi connectivity index (χ0v) is 11.7. The molecule has 0 aromatic carbocycles. The van der Waals surface area contributed by atoms with Crippen LogP contribution in [0.2, 0.25) is 0 Å². The van der Waals surface area contributed by atoms with Crippen molar-refractivity contribution in [3.8, 4) is 0 Å². The summed E-state index contributed by atoms with van der Waals surface area (Å²) in [5.41, 5.74) is 5.76. The Labute approximate surface area is 110 Å². The van der Waals surface area contributed by atoms with Gasteiger partial charge in [0, 0.05) is 22.4 Å². The van der Waals surface area contributed by atoms with E-state index in [1.165, 1.54) is 7.11 Å². The second-order valence-electron chi connectivity index (χ2n) is 3.96. The molecule has 1 rings (SSSR count). The van der Waals surface area contributed by atoms with E-state index in [4.69, 9.17) is 10.5 Å². The lowest BCUT2D eigenvalue weighted by atomic mass is 9.87. The molecule has 0 amide bonds. The van der Waals surface area contributed by atoms with Crippen LogP contribution in [0.1, 0.15) is 31.7 Å². The molecule has 1 heterocycles. The number of carbonyl (C=O) groups excluding carboxylic acids is 1. The molecule has 0 radical (unpaired) electrons. The van der Waals surface area contributed by atoms with E-state index in [1.54, 1.807) is 18.5 Å². The molecule has 4 nitrogen and oxygen atoms in total. The maximum Gasteiger partial charge on any atom is 0.330 e. The average Bonchev–Trinajstić information content (AvgIpc) is 2.34. The van der Waals surface area contributed by atoms with E-state index in [2.05, 4.69) is 27.8 Å². The Balaban J connectivity index is 3.09. The second-order valence-corrected chi connectivity index (χ2v) is 4.87. The van der Waals surface area contributed by atoms with Gasteiger partial charge < -0.3 is 10.5 Å². The number of hydrogen-bond donors (Lipinski definition) is 1. The summed E-state index contributed by atoms with van der Waals surface area (Å²) >= 11 is 3.32. The highest BCUT2D eigenvalue weighted by molar-refractivity contribution is 9.10. The van der Waals surface area contributed by atoms with Crippen LogP contribution in [0.25, 0.3) is 0 Å². The average molecular weight is 301 g/mol. The zero-order valence-electron chi connectivity index (χ0n) is 10.1. The van der Waals surface area contributed by atoms with Crippen molar-refractivity contribution in [2.24, 2.45) is 5.73 Å². The summed E-state index contributed by atoms with van der Waals surface area (Å²) in [5.74, 6) is -0.425. The molecule has 0 fully saturated rings. The van der Waals surface area contributed by atoms with Crippen molar-refractivity contribution in [2.75, 3.05) is 7.11 Å². The maximum atomic E-state index is 11.9. The van der Waals surface area contributed by atoms with Gasteiger partial charge in [-0.25, -0.2) is 4.79 Å². The van der Waals surface area contributed by atoms with Gasteiger partial charge in [0.1, 0.15) is 5.54 Å². The Kier molecular flexibility index (Phi) is 5.08. The van der Waals surface area contributed by atoms with E-state index < -0.39 is 11.5 Å². The molecule has 0 aliphatic heterocycles. The third kappa shape index (κ3) is 3.26. The molecule has 0 bridgehead atoms. The Morgan fingerprint density at radius 1 is 1.59 bits per heavy atom. The molecular formula is C12H17BrN2O2. The molecule has 1 aromatic rings. The number of ether oxygens (including phenoxy) is 1. The van der Waals surface area contributed by atoms with Crippen molar-refractivity contribution in [1.29, 1.82) is 0 Å². The minimum atomic E-state index is -1.11. The van der Waals surface area contributed by atoms with Crippen molar-refractivity contribution in [3.63, 3.8) is 0 Å². The number of hydrogen-bond acceptors (Lipinski definition) is 4. The van der Waals surface area contributed by atoms with Crippen LogP contribution in [0, 0.1) is 0 Å². The van der Waals surface area contributed by atoms with Crippen LogP contribution >= 0.6 is 15.9 Å². The molecule has 0 aliphatic rings. The van der Waals surface area contributed by atoms with Gasteiger partial charge in [-0.2, -0.15) is 0 Å². The Bertz CT molecular complexity index is 398. The Hall–Kier alpha value is -0.940. The molecule has 1 atom stereocenters. The van der Waals surface area contributed by atoms with E-state index in [0.29, 0.717) is 12.0 Å². The van der Waals surface area contributed by atoms with Gasteiger partial charge in [-0.1, -0.05) is 19.8 Å². The van der Waals surface area contributed by atoms with Crippen molar-refractivity contribution in [3.05, 3.63) is 28.5 Å². The van der Waals surface area contributed by atoms with Gasteiger partial charge in [0.05, 0.1) is 7.11 Å². The van der Waals surface area contributed by atoms with E-state index in [0.717, 1.165) is 17.3 Å². The number of pyridine rings is 1. The van der Waals surface area contributed by atoms with Gasteiger partial charge in [0.25, 0.3) is 0 Å². The topological polar surface area (TPSA) is 65.2 Å². The normalized spacial score (nSPS) is 14.1. The monoisotopic (exact) mass is 300 g/mol. The second kappa shape index (κ2) is 6.12. The van der Waals surface area contributed by atoms with Crippen LogP contribution in [-0.2, 0) is 15.1 Å². The summed E-state index contributed by atoms with van der Waals surface area (Å²) in [6.07, 6.45) is 5.64. The van der Waals surface area contributed by atoms with Crippen LogP contribution < -0.4 is 5.73 Å². The number of carbonyl (C=O) groups is 1. The molecule has 94 valence electrons. The zero-order chi connectivity index (χ0) is 12.9. The standard InChI is InChI=1S/C12H17BrN2O2/c1-3-4-5-12(14,11(16)17-2)9-6-10(13)8-15-7-9/h6-8H,3-5,14H2,1-2H3. The Morgan fingerprint density at radius 3 is 2.82 bits per heavy atom. The quantitative estimate of drug-likeness (QED) is 0.848. The number of nitrogens with zero attached hydrogens (tertiary/aromatic N) is 1. The minimum absolute atomic E-state index is 0.425. The molecule has 0 saturated heterocycles. The van der Waals surface area contributed by atoms with Gasteiger partial charge in [-0.15, -0.1) is 0 Å². The highest BCUT2D eigenvalue weighted by Crippen LogP contribution is 2.27. The van der Waals surface area contributed by atoms with E-state index in [9.17, 15) is 4.79 Å². The highest BCUT2D eigenvalue weighted by Gasteiger charge is 2.37. The SMILES string of the molecule is CCCCC(N)(C(=O)OC)c1cncc(Br)c1. The fourth-order valence-electron chi connectivity index (χ4n) is 1.66. The van der Waals surface area contributed by atoms with Crippen molar-refractivity contribution >= 4 is 21.9 Å². The third-order valence-corrected chi connectivity index (χ3v) is 3.13. The number of nitrogens with two attached hydrogens (primary N) is 1. The molecule has 5 heteroatoms. The van der Waals surface area contributed by atoms with E-state index in [1.807, 2.05) is 0 Å². The van der Waals surface area contributed by atoms with Gasteiger partial charge in [-0.3, -0.25) is 4.98 Å². The molecule has 0 aliphatic carbocycles. The Morgan fingerprint density at radius 2 is 2.29 bits per heavy atom. The van der Waals surface area contributed by atoms with Crippen molar-refractivity contribution in [1.82, 2.24) is 4.98 Å². The number of aromatic nitrogens is 1. The van der Waals surface area contributed by atoms with Crippen LogP contribution in [0.15, 0.2) is 22.9 Å². The minimum Gasteiger partial charge on any atom is -0.467 e. The third-order valence-electron chi connectivity index (χ3n) is 2.69. The lowest BCUT2D eigenvalue weighted by molar-refractivity contribution is -0.147. The number of rotatable bonds is 5. The maximum absolute atomic E-state index is 11.9. The van der Waals surface area contributed by atoms with Gasteiger partial charge in [0.15, 0.2) is 0 Å². The summed E-state index contributed by atoms with van der Waals surface area (Å²) in [6.45, 7) is 2.05. The number of esters is 1. The summed E-state index contributed by atoms with van der Waals surface area (Å²) in [7, 11) is 1.35. The van der Waals surface area contributed by atoms with Gasteiger partial charge in [0.2, 0.25) is 0 Å². The number of halogens is 1. The van der Waals surface area contributed by atoms with Crippen molar-refractivity contribution < 1.29 is 9.53 Å². The van der Waals surface area contributed by atoms with Crippen molar-refractivity contribution in [2.45, 2.75) is 31.7 Å². The molecule has 2 N–H and O–H groups in total. The fourth-order valence-corrected chi connectivity index (χ4v) is 2.02. The summed E-state index contributed by atoms with van der Waals surface area (Å²) in [4.78, 5) is 15.9. The highest BCUT2D eigenvalue weighted by atomic mass is 79.9. The molecular weight excluding hydrogens is 284 g/mol. The van der Waals surface area contributed by atoms with Crippen LogP contribution in [0.5, 0.6) is 0 Å². The number of methoxy groups -OCH3 is 1. The van der Waals surface area contributed by atoms with E-state index >= 15 is 0 Å². The smallest absolute Gasteiger partial charge is 0.330 e. The fraction of sp³-hybridized carbons (Fsp3) is 0.500. The largest absolute Gasteiger partial charge is 0.467 e. The first-order chi connectivity index (χ1) is 8.04. The molecule has 1 aromatic heterocycles. The molecule has 1 unspecified atom stereocenters. The predicted molar refractivity (Wildman–Crippen MR) is 69.3 cm³/mol. The lowest BCUT2D eigenvalue weighted by Crippen LogP contribution is -2.45. The molecule has 17 heavy (non-hydrogen) atoms. The summed E-state index contributed by atoms with van der Waals surface area (Å²) in [5, 5.41) is 0.